The molecule has 0 fully saturated rings. The number of nitrogens with zero attached hydrogens (tertiary/aromatic N) is 2. The van der Waals surface area contributed by atoms with Gasteiger partial charge < -0.3 is 9.67 Å². The van der Waals surface area contributed by atoms with E-state index >= 15 is 0 Å². The predicted molar refractivity (Wildman–Crippen MR) is 113 cm³/mol. The Morgan fingerprint density at radius 1 is 1.04 bits per heavy atom. The molecule has 0 saturated heterocycles. The summed E-state index contributed by atoms with van der Waals surface area (Å²) < 4.78 is 2.18. The van der Waals surface area contributed by atoms with E-state index in [0.29, 0.717) is 6.54 Å². The van der Waals surface area contributed by atoms with Crippen LogP contribution in [0.15, 0.2) is 66.9 Å². The van der Waals surface area contributed by atoms with Crippen molar-refractivity contribution in [2.45, 2.75) is 31.3 Å². The number of benzene rings is 2. The van der Waals surface area contributed by atoms with Gasteiger partial charge in [-0.05, 0) is 50.6 Å². The highest BCUT2D eigenvalue weighted by Crippen LogP contribution is 2.43. The van der Waals surface area contributed by atoms with E-state index in [9.17, 15) is 5.11 Å². The molecular weight excluding hydrogens is 332 g/mol. The molecule has 0 radical (unpaired) electrons. The van der Waals surface area contributed by atoms with Crippen molar-refractivity contribution in [2.24, 2.45) is 0 Å². The maximum absolute atomic E-state index is 9.41. The Bertz CT molecular complexity index is 955. The zero-order valence-corrected chi connectivity index (χ0v) is 16.2. The van der Waals surface area contributed by atoms with Gasteiger partial charge in [0.15, 0.2) is 0 Å². The molecule has 2 aromatic carbocycles. The average molecular weight is 361 g/mol. The minimum atomic E-state index is 0.0637. The quantitative estimate of drug-likeness (QED) is 0.717. The minimum Gasteiger partial charge on any atom is -0.395 e. The Labute approximate surface area is 161 Å². The van der Waals surface area contributed by atoms with Gasteiger partial charge in [-0.1, -0.05) is 54.6 Å². The van der Waals surface area contributed by atoms with Crippen LogP contribution in [0.25, 0.3) is 16.5 Å². The zero-order valence-electron chi connectivity index (χ0n) is 16.2. The Morgan fingerprint density at radius 3 is 2.44 bits per heavy atom. The van der Waals surface area contributed by atoms with Crippen LogP contribution in [-0.2, 0) is 12.1 Å². The van der Waals surface area contributed by atoms with Crippen LogP contribution in [-0.4, -0.2) is 35.3 Å². The van der Waals surface area contributed by atoms with Gasteiger partial charge in [-0.3, -0.25) is 4.90 Å². The van der Waals surface area contributed by atoms with Crippen LogP contribution in [0.5, 0.6) is 0 Å². The minimum absolute atomic E-state index is 0.0637. The molecule has 140 valence electrons. The molecular formula is C24H28N2O. The summed E-state index contributed by atoms with van der Waals surface area (Å²) in [5, 5.41) is 10.7. The molecule has 1 aromatic heterocycles. The molecule has 1 aliphatic rings. The van der Waals surface area contributed by atoms with Gasteiger partial charge in [0, 0.05) is 34.7 Å². The molecule has 0 amide bonds. The number of allylic oxidation sites excluding steroid dienone is 1. The molecule has 3 heteroatoms. The van der Waals surface area contributed by atoms with Crippen LogP contribution in [0, 0.1) is 0 Å². The SMILES string of the molecule is CN(C)C1(c2ccccc2)CC=C(c2cn(CCO)c3ccccc23)CC1. The van der Waals surface area contributed by atoms with E-state index < -0.39 is 0 Å². The second-order valence-corrected chi connectivity index (χ2v) is 7.70. The van der Waals surface area contributed by atoms with Gasteiger partial charge in [-0.25, -0.2) is 0 Å². The van der Waals surface area contributed by atoms with Crippen molar-refractivity contribution in [1.29, 1.82) is 0 Å². The third-order valence-electron chi connectivity index (χ3n) is 6.14. The van der Waals surface area contributed by atoms with Crippen LogP contribution >= 0.6 is 0 Å². The van der Waals surface area contributed by atoms with Crippen molar-refractivity contribution in [3.05, 3.63) is 78.0 Å². The van der Waals surface area contributed by atoms with Crippen LogP contribution in [0.1, 0.15) is 30.4 Å². The molecule has 1 atom stereocenters. The fourth-order valence-corrected chi connectivity index (χ4v) is 4.55. The van der Waals surface area contributed by atoms with E-state index in [1.165, 1.54) is 27.6 Å². The zero-order chi connectivity index (χ0) is 18.9. The van der Waals surface area contributed by atoms with Gasteiger partial charge in [0.05, 0.1) is 6.61 Å². The van der Waals surface area contributed by atoms with Gasteiger partial charge in [0.1, 0.15) is 0 Å². The van der Waals surface area contributed by atoms with E-state index in [-0.39, 0.29) is 12.1 Å². The summed E-state index contributed by atoms with van der Waals surface area (Å²) in [4.78, 5) is 2.38. The first-order valence-electron chi connectivity index (χ1n) is 9.77. The predicted octanol–water partition coefficient (Wildman–Crippen LogP) is 4.66. The van der Waals surface area contributed by atoms with Gasteiger partial charge in [0.2, 0.25) is 0 Å². The van der Waals surface area contributed by atoms with Crippen molar-refractivity contribution in [3.8, 4) is 0 Å². The molecule has 0 saturated carbocycles. The van der Waals surface area contributed by atoms with Crippen molar-refractivity contribution in [2.75, 3.05) is 20.7 Å². The molecule has 1 heterocycles. The number of hydrogen-bond donors (Lipinski definition) is 1. The average Bonchev–Trinajstić information content (AvgIpc) is 3.08. The summed E-state index contributed by atoms with van der Waals surface area (Å²) in [6.45, 7) is 0.800. The Kier molecular flexibility index (Phi) is 4.90. The maximum Gasteiger partial charge on any atom is 0.0610 e. The number of aromatic nitrogens is 1. The molecule has 0 spiro atoms. The lowest BCUT2D eigenvalue weighted by Gasteiger charge is -2.43. The van der Waals surface area contributed by atoms with Crippen molar-refractivity contribution < 1.29 is 5.11 Å². The van der Waals surface area contributed by atoms with Crippen molar-refractivity contribution >= 4 is 16.5 Å². The lowest BCUT2D eigenvalue weighted by molar-refractivity contribution is 0.138. The number of para-hydroxylation sites is 1. The van der Waals surface area contributed by atoms with Crippen LogP contribution in [0.4, 0.5) is 0 Å². The first-order valence-corrected chi connectivity index (χ1v) is 9.77. The van der Waals surface area contributed by atoms with E-state index in [0.717, 1.165) is 19.3 Å². The van der Waals surface area contributed by atoms with Gasteiger partial charge in [-0.2, -0.15) is 0 Å². The largest absolute Gasteiger partial charge is 0.395 e. The third kappa shape index (κ3) is 3.11. The van der Waals surface area contributed by atoms with Gasteiger partial charge in [0.25, 0.3) is 0 Å². The fraction of sp³-hybridized carbons (Fsp3) is 0.333. The summed E-state index contributed by atoms with van der Waals surface area (Å²) >= 11 is 0. The summed E-state index contributed by atoms with van der Waals surface area (Å²) in [6, 6.07) is 19.4. The Balaban J connectivity index is 1.73. The molecule has 4 rings (SSSR count). The fourth-order valence-electron chi connectivity index (χ4n) is 4.55. The molecule has 3 aromatic rings. The lowest BCUT2D eigenvalue weighted by Crippen LogP contribution is -2.42. The first kappa shape index (κ1) is 18.0. The third-order valence-corrected chi connectivity index (χ3v) is 6.14. The molecule has 1 aliphatic carbocycles. The summed E-state index contributed by atoms with van der Waals surface area (Å²) in [6.07, 6.45) is 7.83. The number of aliphatic hydroxyl groups is 1. The molecule has 1 unspecified atom stereocenters. The molecule has 0 aliphatic heterocycles. The van der Waals surface area contributed by atoms with Crippen LogP contribution < -0.4 is 0 Å². The highest BCUT2D eigenvalue weighted by Gasteiger charge is 2.36. The van der Waals surface area contributed by atoms with Crippen molar-refractivity contribution in [1.82, 2.24) is 9.47 Å². The molecule has 3 nitrogen and oxygen atoms in total. The second-order valence-electron chi connectivity index (χ2n) is 7.70. The number of hydrogen-bond acceptors (Lipinski definition) is 2. The second kappa shape index (κ2) is 7.34. The summed E-state index contributed by atoms with van der Waals surface area (Å²) in [5.74, 6) is 0. The van der Waals surface area contributed by atoms with Crippen molar-refractivity contribution in [3.63, 3.8) is 0 Å². The van der Waals surface area contributed by atoms with Crippen LogP contribution in [0.3, 0.4) is 0 Å². The summed E-state index contributed by atoms with van der Waals surface area (Å²) in [5.41, 5.74) is 5.41. The number of fused-ring (bicyclic) bond motifs is 1. The van der Waals surface area contributed by atoms with E-state index in [4.69, 9.17) is 0 Å². The highest BCUT2D eigenvalue weighted by molar-refractivity contribution is 5.93. The van der Waals surface area contributed by atoms with Gasteiger partial charge in [-0.15, -0.1) is 0 Å². The molecule has 27 heavy (non-hydrogen) atoms. The van der Waals surface area contributed by atoms with E-state index in [2.05, 4.69) is 90.4 Å². The number of aliphatic hydroxyl groups excluding tert-OH is 1. The van der Waals surface area contributed by atoms with Crippen LogP contribution in [0.2, 0.25) is 0 Å². The summed E-state index contributed by atoms with van der Waals surface area (Å²) in [7, 11) is 4.39. The standard InChI is InChI=1S/C24H28N2O/c1-25(2)24(20-8-4-3-5-9-20)14-12-19(13-15-24)22-18-26(16-17-27)23-11-7-6-10-21(22)23/h3-12,18,27H,13-17H2,1-2H3. The Morgan fingerprint density at radius 2 is 1.78 bits per heavy atom. The highest BCUT2D eigenvalue weighted by atomic mass is 16.3. The van der Waals surface area contributed by atoms with Gasteiger partial charge >= 0.3 is 0 Å². The topological polar surface area (TPSA) is 28.4 Å². The molecule has 0 bridgehead atoms. The monoisotopic (exact) mass is 360 g/mol. The maximum atomic E-state index is 9.41. The Hall–Kier alpha value is -2.36. The number of rotatable bonds is 5. The van der Waals surface area contributed by atoms with E-state index in [1.54, 1.807) is 0 Å². The lowest BCUT2D eigenvalue weighted by atomic mass is 9.75. The smallest absolute Gasteiger partial charge is 0.0610 e. The van der Waals surface area contributed by atoms with E-state index in [1.807, 2.05) is 0 Å². The molecule has 1 N–H and O–H groups in total. The first-order chi connectivity index (χ1) is 13.2. The normalized spacial score (nSPS) is 20.2.